The Hall–Kier alpha value is -1.43. The fraction of sp³-hybridized carbons (Fsp3) is 0.650. The molecule has 0 aromatic heterocycles. The summed E-state index contributed by atoms with van der Waals surface area (Å²) in [5.41, 5.74) is 2.20. The standard InChI is InChI=1S/C20H30N2O3/c1-15(2)25-11-10-24-14-16-4-3-5-17(12-16)22-19(23)18-13-20(18)6-8-21-9-7-20/h3-5,12,15,18,21H,6-11,13-14H2,1-2H3,(H,22,23). The van der Waals surface area contributed by atoms with E-state index in [9.17, 15) is 4.79 Å². The number of hydrogen-bond donors (Lipinski definition) is 2. The van der Waals surface area contributed by atoms with Crippen LogP contribution in [0.3, 0.4) is 0 Å². The van der Waals surface area contributed by atoms with Gasteiger partial charge in [0, 0.05) is 11.6 Å². The number of nitrogens with one attached hydrogen (secondary N) is 2. The molecule has 5 heteroatoms. The minimum atomic E-state index is 0.172. The number of piperidine rings is 1. The Kier molecular flexibility index (Phi) is 6.10. The number of anilines is 1. The number of amides is 1. The van der Waals surface area contributed by atoms with E-state index < -0.39 is 0 Å². The minimum absolute atomic E-state index is 0.172. The molecular weight excluding hydrogens is 316 g/mol. The Bertz CT molecular complexity index is 582. The molecule has 1 saturated heterocycles. The van der Waals surface area contributed by atoms with Crippen molar-refractivity contribution in [1.82, 2.24) is 5.32 Å². The second-order valence-electron chi connectivity index (χ2n) is 7.53. The first-order valence-corrected chi connectivity index (χ1v) is 9.39. The van der Waals surface area contributed by atoms with E-state index in [0.717, 1.165) is 43.6 Å². The lowest BCUT2D eigenvalue weighted by Gasteiger charge is -2.23. The van der Waals surface area contributed by atoms with Crippen LogP contribution >= 0.6 is 0 Å². The van der Waals surface area contributed by atoms with Crippen molar-refractivity contribution in [1.29, 1.82) is 0 Å². The lowest BCUT2D eigenvalue weighted by molar-refractivity contribution is -0.118. The summed E-state index contributed by atoms with van der Waals surface area (Å²) in [4.78, 5) is 12.5. The van der Waals surface area contributed by atoms with Gasteiger partial charge in [0.25, 0.3) is 0 Å². The molecule has 1 spiro atoms. The van der Waals surface area contributed by atoms with E-state index in [-0.39, 0.29) is 23.3 Å². The van der Waals surface area contributed by atoms with Crippen molar-refractivity contribution >= 4 is 11.6 Å². The molecule has 1 atom stereocenters. The Morgan fingerprint density at radius 3 is 2.88 bits per heavy atom. The van der Waals surface area contributed by atoms with Crippen LogP contribution in [0, 0.1) is 11.3 Å². The van der Waals surface area contributed by atoms with Crippen molar-refractivity contribution in [3.63, 3.8) is 0 Å². The third kappa shape index (κ3) is 5.03. The quantitative estimate of drug-likeness (QED) is 0.711. The fourth-order valence-electron chi connectivity index (χ4n) is 3.70. The lowest BCUT2D eigenvalue weighted by atomic mass is 9.92. The van der Waals surface area contributed by atoms with Gasteiger partial charge in [0.05, 0.1) is 25.9 Å². The summed E-state index contributed by atoms with van der Waals surface area (Å²) >= 11 is 0. The van der Waals surface area contributed by atoms with Gasteiger partial charge in [-0.05, 0) is 69.3 Å². The minimum Gasteiger partial charge on any atom is -0.376 e. The first-order valence-electron chi connectivity index (χ1n) is 9.39. The summed E-state index contributed by atoms with van der Waals surface area (Å²) in [5.74, 6) is 0.355. The van der Waals surface area contributed by atoms with Crippen LogP contribution in [0.4, 0.5) is 5.69 Å². The summed E-state index contributed by atoms with van der Waals surface area (Å²) in [6.07, 6.45) is 3.52. The van der Waals surface area contributed by atoms with E-state index in [1.54, 1.807) is 0 Å². The summed E-state index contributed by atoms with van der Waals surface area (Å²) in [5, 5.41) is 6.47. The van der Waals surface area contributed by atoms with Crippen LogP contribution in [0.2, 0.25) is 0 Å². The average molecular weight is 346 g/mol. The van der Waals surface area contributed by atoms with E-state index in [0.29, 0.717) is 19.8 Å². The molecule has 138 valence electrons. The summed E-state index contributed by atoms with van der Waals surface area (Å²) in [6.45, 7) is 7.82. The molecule has 2 fully saturated rings. The van der Waals surface area contributed by atoms with Gasteiger partial charge < -0.3 is 20.1 Å². The van der Waals surface area contributed by atoms with Crippen LogP contribution in [0.5, 0.6) is 0 Å². The van der Waals surface area contributed by atoms with Crippen LogP contribution in [0.25, 0.3) is 0 Å². The number of hydrogen-bond acceptors (Lipinski definition) is 4. The maximum atomic E-state index is 12.5. The second-order valence-corrected chi connectivity index (χ2v) is 7.53. The summed E-state index contributed by atoms with van der Waals surface area (Å²) in [7, 11) is 0. The molecule has 1 aromatic carbocycles. The molecule has 0 bridgehead atoms. The van der Waals surface area contributed by atoms with Crippen molar-refractivity contribution in [3.8, 4) is 0 Å². The summed E-state index contributed by atoms with van der Waals surface area (Å²) in [6, 6.07) is 7.93. The van der Waals surface area contributed by atoms with Gasteiger partial charge in [0.1, 0.15) is 0 Å². The molecule has 3 rings (SSSR count). The molecule has 5 nitrogen and oxygen atoms in total. The van der Waals surface area contributed by atoms with Crippen LogP contribution in [0.1, 0.15) is 38.7 Å². The molecule has 1 amide bonds. The lowest BCUT2D eigenvalue weighted by Crippen LogP contribution is -2.31. The molecule has 1 saturated carbocycles. The number of benzene rings is 1. The van der Waals surface area contributed by atoms with Crippen LogP contribution in [-0.4, -0.2) is 38.3 Å². The highest BCUT2D eigenvalue weighted by atomic mass is 16.5. The molecule has 1 aliphatic heterocycles. The molecule has 0 radical (unpaired) electrons. The van der Waals surface area contributed by atoms with Crippen LogP contribution in [0.15, 0.2) is 24.3 Å². The second kappa shape index (κ2) is 8.30. The zero-order chi connectivity index (χ0) is 17.7. The van der Waals surface area contributed by atoms with Gasteiger partial charge in [0.15, 0.2) is 0 Å². The van der Waals surface area contributed by atoms with Crippen LogP contribution < -0.4 is 10.6 Å². The third-order valence-corrected chi connectivity index (χ3v) is 5.25. The normalized spacial score (nSPS) is 21.5. The molecular formula is C20H30N2O3. The highest BCUT2D eigenvalue weighted by Crippen LogP contribution is 2.58. The van der Waals surface area contributed by atoms with Gasteiger partial charge >= 0.3 is 0 Å². The molecule has 2 N–H and O–H groups in total. The number of carbonyl (C=O) groups is 1. The predicted molar refractivity (Wildman–Crippen MR) is 98.5 cm³/mol. The SMILES string of the molecule is CC(C)OCCOCc1cccc(NC(=O)C2CC23CCNCC3)c1. The maximum Gasteiger partial charge on any atom is 0.228 e. The van der Waals surface area contributed by atoms with E-state index in [2.05, 4.69) is 10.6 Å². The van der Waals surface area contributed by atoms with E-state index in [1.807, 2.05) is 38.1 Å². The molecule has 25 heavy (non-hydrogen) atoms. The number of carbonyl (C=O) groups excluding carboxylic acids is 1. The summed E-state index contributed by atoms with van der Waals surface area (Å²) < 4.78 is 11.1. The van der Waals surface area contributed by atoms with Crippen molar-refractivity contribution in [2.24, 2.45) is 11.3 Å². The molecule has 1 aliphatic carbocycles. The number of ether oxygens (including phenoxy) is 2. The van der Waals surface area contributed by atoms with E-state index in [1.165, 1.54) is 0 Å². The topological polar surface area (TPSA) is 59.6 Å². The highest BCUT2D eigenvalue weighted by molar-refractivity contribution is 5.95. The first kappa shape index (κ1) is 18.4. The fourth-order valence-corrected chi connectivity index (χ4v) is 3.70. The first-order chi connectivity index (χ1) is 12.1. The Morgan fingerprint density at radius 2 is 2.12 bits per heavy atom. The Labute approximate surface area is 150 Å². The van der Waals surface area contributed by atoms with Gasteiger partial charge in [-0.15, -0.1) is 0 Å². The van der Waals surface area contributed by atoms with Crippen molar-refractivity contribution < 1.29 is 14.3 Å². The smallest absolute Gasteiger partial charge is 0.228 e. The Balaban J connectivity index is 1.44. The molecule has 2 aliphatic rings. The molecule has 1 aromatic rings. The van der Waals surface area contributed by atoms with Gasteiger partial charge in [-0.3, -0.25) is 4.79 Å². The van der Waals surface area contributed by atoms with Crippen LogP contribution in [-0.2, 0) is 20.9 Å². The van der Waals surface area contributed by atoms with Gasteiger partial charge in [-0.1, -0.05) is 12.1 Å². The largest absolute Gasteiger partial charge is 0.376 e. The van der Waals surface area contributed by atoms with Gasteiger partial charge in [-0.2, -0.15) is 0 Å². The van der Waals surface area contributed by atoms with Gasteiger partial charge in [0.2, 0.25) is 5.91 Å². The number of rotatable bonds is 8. The predicted octanol–water partition coefficient (Wildman–Crippen LogP) is 2.96. The van der Waals surface area contributed by atoms with E-state index in [4.69, 9.17) is 9.47 Å². The average Bonchev–Trinajstić information content (AvgIpc) is 3.28. The van der Waals surface area contributed by atoms with Crippen molar-refractivity contribution in [3.05, 3.63) is 29.8 Å². The maximum absolute atomic E-state index is 12.5. The van der Waals surface area contributed by atoms with Gasteiger partial charge in [-0.25, -0.2) is 0 Å². The van der Waals surface area contributed by atoms with E-state index >= 15 is 0 Å². The van der Waals surface area contributed by atoms with Crippen molar-refractivity contribution in [2.45, 2.75) is 45.8 Å². The molecule has 1 heterocycles. The monoisotopic (exact) mass is 346 g/mol. The third-order valence-electron chi connectivity index (χ3n) is 5.25. The zero-order valence-electron chi connectivity index (χ0n) is 15.3. The Morgan fingerprint density at radius 1 is 1.32 bits per heavy atom. The molecule has 1 unspecified atom stereocenters. The zero-order valence-corrected chi connectivity index (χ0v) is 15.3. The van der Waals surface area contributed by atoms with Crippen molar-refractivity contribution in [2.75, 3.05) is 31.6 Å². The highest BCUT2D eigenvalue weighted by Gasteiger charge is 2.57.